The first-order valence-electron chi connectivity index (χ1n) is 7.59. The van der Waals surface area contributed by atoms with Gasteiger partial charge in [0.2, 0.25) is 0 Å². The second kappa shape index (κ2) is 8.98. The number of benzene rings is 1. The van der Waals surface area contributed by atoms with E-state index in [-0.39, 0.29) is 6.10 Å². The normalized spacial score (nSPS) is 14.3. The Morgan fingerprint density at radius 3 is 2.50 bits per heavy atom. The first kappa shape index (κ1) is 17.0. The molecule has 0 heterocycles. The Bertz CT molecular complexity index is 379. The van der Waals surface area contributed by atoms with Crippen LogP contribution >= 0.6 is 0 Å². The molecule has 1 aromatic rings. The lowest BCUT2D eigenvalue weighted by atomic mass is 10.00. The zero-order chi connectivity index (χ0) is 15.0. The van der Waals surface area contributed by atoms with Crippen LogP contribution in [0.4, 0.5) is 0 Å². The molecule has 2 unspecified atom stereocenters. The van der Waals surface area contributed by atoms with Crippen molar-refractivity contribution < 1.29 is 9.47 Å². The number of hydrogen-bond acceptors (Lipinski definition) is 3. The third-order valence-corrected chi connectivity index (χ3v) is 3.35. The Labute approximate surface area is 123 Å². The van der Waals surface area contributed by atoms with Crippen molar-refractivity contribution in [2.45, 2.75) is 58.8 Å². The molecule has 0 saturated heterocycles. The molecular weight excluding hydrogens is 250 g/mol. The smallest absolute Gasteiger partial charge is 0.120 e. The third-order valence-electron chi connectivity index (χ3n) is 3.35. The summed E-state index contributed by atoms with van der Waals surface area (Å²) in [4.78, 5) is 0. The van der Waals surface area contributed by atoms with E-state index >= 15 is 0 Å². The van der Waals surface area contributed by atoms with Crippen LogP contribution in [0.3, 0.4) is 0 Å². The average Bonchev–Trinajstić information content (AvgIpc) is 2.42. The monoisotopic (exact) mass is 279 g/mol. The molecule has 0 amide bonds. The Morgan fingerprint density at radius 1 is 1.15 bits per heavy atom. The predicted molar refractivity (Wildman–Crippen MR) is 84.3 cm³/mol. The summed E-state index contributed by atoms with van der Waals surface area (Å²) in [5, 5.41) is 3.55. The Hall–Kier alpha value is -1.06. The number of hydrogen-bond donors (Lipinski definition) is 1. The molecule has 0 bridgehead atoms. The molecule has 0 saturated carbocycles. The van der Waals surface area contributed by atoms with E-state index in [2.05, 4.69) is 51.2 Å². The Kier molecular flexibility index (Phi) is 7.63. The van der Waals surface area contributed by atoms with Gasteiger partial charge < -0.3 is 14.8 Å². The first-order valence-corrected chi connectivity index (χ1v) is 7.59. The van der Waals surface area contributed by atoms with Crippen LogP contribution in [0.15, 0.2) is 24.3 Å². The van der Waals surface area contributed by atoms with Gasteiger partial charge in [0, 0.05) is 13.2 Å². The topological polar surface area (TPSA) is 30.5 Å². The molecule has 1 aromatic carbocycles. The van der Waals surface area contributed by atoms with E-state index in [9.17, 15) is 0 Å². The van der Waals surface area contributed by atoms with Gasteiger partial charge >= 0.3 is 0 Å². The summed E-state index contributed by atoms with van der Waals surface area (Å²) < 4.78 is 11.1. The number of ether oxygens (including phenoxy) is 2. The number of methoxy groups -OCH3 is 1. The summed E-state index contributed by atoms with van der Waals surface area (Å²) in [7, 11) is 1.77. The maximum Gasteiger partial charge on any atom is 0.120 e. The molecule has 114 valence electrons. The lowest BCUT2D eigenvalue weighted by Gasteiger charge is -2.21. The second-order valence-corrected chi connectivity index (χ2v) is 5.47. The highest BCUT2D eigenvalue weighted by atomic mass is 16.5. The zero-order valence-corrected chi connectivity index (χ0v) is 13.5. The molecule has 1 N–H and O–H groups in total. The van der Waals surface area contributed by atoms with Gasteiger partial charge in [-0.3, -0.25) is 0 Å². The van der Waals surface area contributed by atoms with Crippen LogP contribution in [0.5, 0.6) is 5.75 Å². The minimum absolute atomic E-state index is 0.205. The van der Waals surface area contributed by atoms with Crippen molar-refractivity contribution >= 4 is 0 Å². The number of nitrogens with one attached hydrogen (secondary N) is 1. The van der Waals surface area contributed by atoms with Crippen molar-refractivity contribution in [3.8, 4) is 5.75 Å². The molecule has 0 aliphatic carbocycles. The standard InChI is InChI=1S/C17H29NO2/c1-6-18-17(11-10-14(4)19-5)15-8-7-9-16(12-15)20-13(2)3/h7-9,12-14,17-18H,6,10-11H2,1-5H3. The van der Waals surface area contributed by atoms with Crippen LogP contribution in [0.2, 0.25) is 0 Å². The van der Waals surface area contributed by atoms with Crippen molar-refractivity contribution in [1.82, 2.24) is 5.32 Å². The SMILES string of the molecule is CCNC(CCC(C)OC)c1cccc(OC(C)C)c1. The Morgan fingerprint density at radius 2 is 1.90 bits per heavy atom. The predicted octanol–water partition coefficient (Wildman–Crippen LogP) is 3.94. The van der Waals surface area contributed by atoms with E-state index in [0.717, 1.165) is 25.1 Å². The molecule has 3 heteroatoms. The van der Waals surface area contributed by atoms with Gasteiger partial charge in [-0.1, -0.05) is 19.1 Å². The summed E-state index contributed by atoms with van der Waals surface area (Å²) in [6.07, 6.45) is 2.61. The highest BCUT2D eigenvalue weighted by Crippen LogP contribution is 2.24. The molecule has 1 rings (SSSR count). The van der Waals surface area contributed by atoms with E-state index < -0.39 is 0 Å². The van der Waals surface area contributed by atoms with Crippen molar-refractivity contribution in [3.05, 3.63) is 29.8 Å². The third kappa shape index (κ3) is 5.93. The summed E-state index contributed by atoms with van der Waals surface area (Å²) in [6.45, 7) is 9.31. The van der Waals surface area contributed by atoms with Crippen LogP contribution in [-0.2, 0) is 4.74 Å². The van der Waals surface area contributed by atoms with Gasteiger partial charge in [-0.25, -0.2) is 0 Å². The van der Waals surface area contributed by atoms with Gasteiger partial charge in [0.1, 0.15) is 5.75 Å². The van der Waals surface area contributed by atoms with E-state index in [4.69, 9.17) is 9.47 Å². The molecular formula is C17H29NO2. The fourth-order valence-electron chi connectivity index (χ4n) is 2.23. The van der Waals surface area contributed by atoms with E-state index in [0.29, 0.717) is 12.1 Å². The van der Waals surface area contributed by atoms with E-state index in [1.54, 1.807) is 7.11 Å². The van der Waals surface area contributed by atoms with Gasteiger partial charge in [0.15, 0.2) is 0 Å². The highest BCUT2D eigenvalue weighted by molar-refractivity contribution is 5.30. The number of rotatable bonds is 9. The van der Waals surface area contributed by atoms with Gasteiger partial charge in [0.05, 0.1) is 12.2 Å². The molecule has 0 fully saturated rings. The zero-order valence-electron chi connectivity index (χ0n) is 13.5. The Balaban J connectivity index is 2.74. The minimum Gasteiger partial charge on any atom is -0.491 e. The molecule has 0 radical (unpaired) electrons. The molecule has 20 heavy (non-hydrogen) atoms. The van der Waals surface area contributed by atoms with E-state index in [1.165, 1.54) is 5.56 Å². The maximum absolute atomic E-state index is 5.78. The summed E-state index contributed by atoms with van der Waals surface area (Å²) in [6, 6.07) is 8.75. The lowest BCUT2D eigenvalue weighted by Crippen LogP contribution is -2.22. The molecule has 0 spiro atoms. The van der Waals surface area contributed by atoms with Crippen molar-refractivity contribution in [3.63, 3.8) is 0 Å². The van der Waals surface area contributed by atoms with Crippen LogP contribution in [0.1, 0.15) is 52.1 Å². The summed E-state index contributed by atoms with van der Waals surface area (Å²) in [5.74, 6) is 0.945. The van der Waals surface area contributed by atoms with Gasteiger partial charge in [-0.05, 0) is 57.9 Å². The molecule has 2 atom stereocenters. The fraction of sp³-hybridized carbons (Fsp3) is 0.647. The maximum atomic E-state index is 5.78. The van der Waals surface area contributed by atoms with Crippen LogP contribution in [0, 0.1) is 0 Å². The summed E-state index contributed by atoms with van der Waals surface area (Å²) in [5.41, 5.74) is 1.29. The van der Waals surface area contributed by atoms with Crippen LogP contribution in [-0.4, -0.2) is 25.9 Å². The average molecular weight is 279 g/mol. The quantitative estimate of drug-likeness (QED) is 0.742. The second-order valence-electron chi connectivity index (χ2n) is 5.47. The minimum atomic E-state index is 0.205. The van der Waals surface area contributed by atoms with Crippen LogP contribution < -0.4 is 10.1 Å². The largest absolute Gasteiger partial charge is 0.491 e. The highest BCUT2D eigenvalue weighted by Gasteiger charge is 2.13. The van der Waals surface area contributed by atoms with Gasteiger partial charge in [0.25, 0.3) is 0 Å². The van der Waals surface area contributed by atoms with Crippen molar-refractivity contribution in [2.75, 3.05) is 13.7 Å². The molecule has 0 aliphatic heterocycles. The summed E-state index contributed by atoms with van der Waals surface area (Å²) >= 11 is 0. The van der Waals surface area contributed by atoms with Crippen LogP contribution in [0.25, 0.3) is 0 Å². The first-order chi connectivity index (χ1) is 9.56. The molecule has 0 aliphatic rings. The lowest BCUT2D eigenvalue weighted by molar-refractivity contribution is 0.106. The van der Waals surface area contributed by atoms with Crippen molar-refractivity contribution in [2.24, 2.45) is 0 Å². The molecule has 3 nitrogen and oxygen atoms in total. The van der Waals surface area contributed by atoms with E-state index in [1.807, 2.05) is 6.07 Å². The molecule has 0 aromatic heterocycles. The van der Waals surface area contributed by atoms with Gasteiger partial charge in [-0.2, -0.15) is 0 Å². The van der Waals surface area contributed by atoms with Crippen molar-refractivity contribution in [1.29, 1.82) is 0 Å². The fourth-order valence-corrected chi connectivity index (χ4v) is 2.23. The van der Waals surface area contributed by atoms with Gasteiger partial charge in [-0.15, -0.1) is 0 Å².